The highest BCUT2D eigenvalue weighted by atomic mass is 16.3. The summed E-state index contributed by atoms with van der Waals surface area (Å²) in [6.07, 6.45) is 7.15. The lowest BCUT2D eigenvalue weighted by atomic mass is 9.81. The van der Waals surface area contributed by atoms with Crippen LogP contribution in [0, 0.1) is 11.3 Å². The largest absolute Gasteiger partial charge is 0.385 e. The van der Waals surface area contributed by atoms with E-state index in [9.17, 15) is 9.90 Å². The lowest BCUT2D eigenvalue weighted by molar-refractivity contribution is -0.129. The van der Waals surface area contributed by atoms with Gasteiger partial charge in [-0.15, -0.1) is 0 Å². The second-order valence-corrected chi connectivity index (χ2v) is 8.56. The number of nitrogens with one attached hydrogen (secondary N) is 2. The Balaban J connectivity index is 1.28. The Morgan fingerprint density at radius 3 is 2.93 bits per heavy atom. The number of anilines is 1. The first-order valence-corrected chi connectivity index (χ1v) is 10.5. The molecule has 1 saturated carbocycles. The van der Waals surface area contributed by atoms with Crippen molar-refractivity contribution in [2.24, 2.45) is 11.3 Å². The molecule has 1 saturated heterocycles. The highest BCUT2D eigenvalue weighted by Gasteiger charge is 2.55. The van der Waals surface area contributed by atoms with Crippen LogP contribution in [0.25, 0.3) is 11.0 Å². The third kappa shape index (κ3) is 3.31. The topological polar surface area (TPSA) is 107 Å². The van der Waals surface area contributed by atoms with Gasteiger partial charge in [-0.1, -0.05) is 6.07 Å². The fourth-order valence-electron chi connectivity index (χ4n) is 4.74. The van der Waals surface area contributed by atoms with E-state index in [2.05, 4.69) is 30.2 Å². The number of fused-ring (bicyclic) bond motifs is 1. The molecule has 3 aromatic rings. The number of hydrogen-bond acceptors (Lipinski definition) is 6. The molecule has 0 radical (unpaired) electrons. The molecule has 1 aliphatic heterocycles. The van der Waals surface area contributed by atoms with Crippen molar-refractivity contribution in [1.82, 2.24) is 25.3 Å². The van der Waals surface area contributed by atoms with Crippen molar-refractivity contribution in [2.45, 2.75) is 38.3 Å². The van der Waals surface area contributed by atoms with Gasteiger partial charge in [-0.05, 0) is 49.8 Å². The molecule has 5 rings (SSSR count). The normalized spacial score (nSPS) is 22.1. The molecule has 156 valence electrons. The molecule has 3 atom stereocenters. The van der Waals surface area contributed by atoms with Crippen LogP contribution >= 0.6 is 0 Å². The molecule has 0 bridgehead atoms. The summed E-state index contributed by atoms with van der Waals surface area (Å²) in [5.74, 6) is 0.921. The minimum atomic E-state index is -0.826. The third-order valence-electron chi connectivity index (χ3n) is 6.61. The summed E-state index contributed by atoms with van der Waals surface area (Å²) in [6.45, 7) is 3.42. The fourth-order valence-corrected chi connectivity index (χ4v) is 4.74. The first-order chi connectivity index (χ1) is 14.6. The molecule has 1 aliphatic carbocycles. The zero-order valence-corrected chi connectivity index (χ0v) is 17.0. The number of hydrogen-bond donors (Lipinski definition) is 3. The van der Waals surface area contributed by atoms with Crippen LogP contribution in [0.3, 0.4) is 0 Å². The van der Waals surface area contributed by atoms with E-state index in [4.69, 9.17) is 0 Å². The van der Waals surface area contributed by atoms with E-state index >= 15 is 0 Å². The highest BCUT2D eigenvalue weighted by molar-refractivity contribution is 5.87. The molecule has 3 aromatic heterocycles. The molecular weight excluding hydrogens is 380 g/mol. The fraction of sp³-hybridized carbons (Fsp3) is 0.455. The zero-order chi connectivity index (χ0) is 20.7. The molecular formula is C22H26N6O2. The summed E-state index contributed by atoms with van der Waals surface area (Å²) in [4.78, 5) is 31.6. The minimum absolute atomic E-state index is 0.00835. The van der Waals surface area contributed by atoms with E-state index in [-0.39, 0.29) is 17.2 Å². The number of carbonyl (C=O) groups is 1. The standard InChI is InChI=1S/C22H26N6O2/c1-14(18(29)17-4-2-3-9-23-17)27-21(30)16-6-11-28(12-22(16)7-8-22)20-15-5-10-24-19(15)25-13-26-20/h2-5,9-10,13-14,16,18,29H,6-8,11-12H2,1H3,(H,27,30)(H,24,25,26)/t14-,16+,18+/m0/s1. The van der Waals surface area contributed by atoms with Gasteiger partial charge < -0.3 is 20.3 Å². The maximum atomic E-state index is 13.1. The van der Waals surface area contributed by atoms with Crippen LogP contribution < -0.4 is 10.2 Å². The van der Waals surface area contributed by atoms with Gasteiger partial charge in [0.15, 0.2) is 0 Å². The molecule has 0 aromatic carbocycles. The quantitative estimate of drug-likeness (QED) is 0.600. The number of aromatic nitrogens is 4. The van der Waals surface area contributed by atoms with Gasteiger partial charge in [0.05, 0.1) is 17.1 Å². The van der Waals surface area contributed by atoms with E-state index in [1.54, 1.807) is 18.6 Å². The van der Waals surface area contributed by atoms with Crippen molar-refractivity contribution >= 4 is 22.8 Å². The first kappa shape index (κ1) is 19.0. The Bertz CT molecular complexity index is 1050. The average molecular weight is 406 g/mol. The summed E-state index contributed by atoms with van der Waals surface area (Å²) in [7, 11) is 0. The van der Waals surface area contributed by atoms with Crippen molar-refractivity contribution < 1.29 is 9.90 Å². The summed E-state index contributed by atoms with van der Waals surface area (Å²) in [5, 5.41) is 14.6. The van der Waals surface area contributed by atoms with Crippen molar-refractivity contribution in [1.29, 1.82) is 0 Å². The number of H-pyrrole nitrogens is 1. The van der Waals surface area contributed by atoms with Gasteiger partial charge in [-0.3, -0.25) is 9.78 Å². The predicted octanol–water partition coefficient (Wildman–Crippen LogP) is 2.20. The van der Waals surface area contributed by atoms with Crippen LogP contribution in [-0.4, -0.2) is 50.1 Å². The van der Waals surface area contributed by atoms with Crippen molar-refractivity contribution in [3.05, 3.63) is 48.7 Å². The SMILES string of the molecule is C[C@H](NC(=O)[C@H]1CCN(c2ncnc3[nH]ccc23)CC12CC2)[C@@H](O)c1ccccn1. The number of pyridine rings is 1. The number of piperidine rings is 1. The van der Waals surface area contributed by atoms with Gasteiger partial charge >= 0.3 is 0 Å². The Hall–Kier alpha value is -3.00. The summed E-state index contributed by atoms with van der Waals surface area (Å²) in [5.41, 5.74) is 1.40. The van der Waals surface area contributed by atoms with Crippen LogP contribution in [0.15, 0.2) is 43.0 Å². The lowest BCUT2D eigenvalue weighted by Gasteiger charge is -2.39. The molecule has 4 heterocycles. The summed E-state index contributed by atoms with van der Waals surface area (Å²) >= 11 is 0. The van der Waals surface area contributed by atoms with E-state index in [1.807, 2.05) is 31.3 Å². The second-order valence-electron chi connectivity index (χ2n) is 8.56. The van der Waals surface area contributed by atoms with Gasteiger partial charge in [0, 0.05) is 31.4 Å². The Kier molecular flexibility index (Phi) is 4.66. The smallest absolute Gasteiger partial charge is 0.224 e. The van der Waals surface area contributed by atoms with E-state index in [0.29, 0.717) is 5.69 Å². The van der Waals surface area contributed by atoms with Crippen molar-refractivity contribution in [2.75, 3.05) is 18.0 Å². The number of rotatable bonds is 5. The van der Waals surface area contributed by atoms with Gasteiger partial charge in [-0.25, -0.2) is 9.97 Å². The number of aromatic amines is 1. The molecule has 8 heteroatoms. The van der Waals surface area contributed by atoms with Crippen LogP contribution in [0.4, 0.5) is 5.82 Å². The van der Waals surface area contributed by atoms with Crippen molar-refractivity contribution in [3.8, 4) is 0 Å². The van der Waals surface area contributed by atoms with Gasteiger partial charge in [0.1, 0.15) is 23.9 Å². The maximum absolute atomic E-state index is 13.1. The number of carbonyl (C=O) groups excluding carboxylic acids is 1. The molecule has 2 fully saturated rings. The molecule has 3 N–H and O–H groups in total. The highest BCUT2D eigenvalue weighted by Crippen LogP contribution is 2.56. The van der Waals surface area contributed by atoms with Gasteiger partial charge in [-0.2, -0.15) is 0 Å². The minimum Gasteiger partial charge on any atom is -0.385 e. The van der Waals surface area contributed by atoms with E-state index < -0.39 is 12.1 Å². The van der Waals surface area contributed by atoms with Crippen LogP contribution in [0.1, 0.15) is 38.0 Å². The number of nitrogens with zero attached hydrogens (tertiary/aromatic N) is 4. The second kappa shape index (κ2) is 7.36. The van der Waals surface area contributed by atoms with Crippen molar-refractivity contribution in [3.63, 3.8) is 0 Å². The molecule has 8 nitrogen and oxygen atoms in total. The zero-order valence-electron chi connectivity index (χ0n) is 17.0. The van der Waals surface area contributed by atoms with Gasteiger partial charge in [0.25, 0.3) is 0 Å². The predicted molar refractivity (Wildman–Crippen MR) is 113 cm³/mol. The lowest BCUT2D eigenvalue weighted by Crippen LogP contribution is -2.50. The first-order valence-electron chi connectivity index (χ1n) is 10.5. The van der Waals surface area contributed by atoms with Crippen LogP contribution in [0.5, 0.6) is 0 Å². The monoisotopic (exact) mass is 406 g/mol. The van der Waals surface area contributed by atoms with Crippen LogP contribution in [-0.2, 0) is 4.79 Å². The number of amides is 1. The molecule has 2 aliphatic rings. The molecule has 1 amide bonds. The summed E-state index contributed by atoms with van der Waals surface area (Å²) in [6, 6.07) is 7.02. The molecule has 30 heavy (non-hydrogen) atoms. The average Bonchev–Trinajstić information content (AvgIpc) is 3.34. The Morgan fingerprint density at radius 1 is 1.30 bits per heavy atom. The number of aliphatic hydroxyl groups is 1. The third-order valence-corrected chi connectivity index (χ3v) is 6.61. The van der Waals surface area contributed by atoms with Gasteiger partial charge in [0.2, 0.25) is 5.91 Å². The Morgan fingerprint density at radius 2 is 2.17 bits per heavy atom. The van der Waals surface area contributed by atoms with E-state index in [0.717, 1.165) is 49.2 Å². The summed E-state index contributed by atoms with van der Waals surface area (Å²) < 4.78 is 0. The molecule has 1 spiro atoms. The Labute approximate surface area is 174 Å². The number of aliphatic hydroxyl groups excluding tert-OH is 1. The van der Waals surface area contributed by atoms with Crippen LogP contribution in [0.2, 0.25) is 0 Å². The maximum Gasteiger partial charge on any atom is 0.224 e. The molecule has 0 unspecified atom stereocenters. The van der Waals surface area contributed by atoms with E-state index in [1.165, 1.54) is 0 Å².